The van der Waals surface area contributed by atoms with Crippen molar-refractivity contribution in [2.45, 2.75) is 19.0 Å². The average Bonchev–Trinajstić information content (AvgIpc) is 3.06. The first-order valence-electron chi connectivity index (χ1n) is 9.36. The number of nitrogens with zero attached hydrogens (tertiary/aromatic N) is 4. The number of aryl methyl sites for hydroxylation is 1. The van der Waals surface area contributed by atoms with E-state index < -0.39 is 40.6 Å². The second kappa shape index (κ2) is 9.11. The van der Waals surface area contributed by atoms with Crippen LogP contribution in [0.1, 0.15) is 22.3 Å². The number of nitrogens with two attached hydrogens (primary N) is 1. The van der Waals surface area contributed by atoms with Crippen molar-refractivity contribution in [3.05, 3.63) is 75.2 Å². The van der Waals surface area contributed by atoms with Crippen LogP contribution < -0.4 is 16.2 Å². The summed E-state index contributed by atoms with van der Waals surface area (Å²) < 4.78 is 85.6. The second-order valence-electron chi connectivity index (χ2n) is 6.90. The van der Waals surface area contributed by atoms with Crippen LogP contribution in [0, 0.1) is 0 Å². The van der Waals surface area contributed by atoms with Gasteiger partial charge >= 0.3 is 24.1 Å². The Hall–Kier alpha value is -3.97. The maximum atomic E-state index is 13.1. The van der Waals surface area contributed by atoms with Crippen molar-refractivity contribution in [1.29, 1.82) is 0 Å². The number of hydrogen-bond donors (Lipinski definition) is 1. The first-order chi connectivity index (χ1) is 15.8. The molecule has 0 amide bonds. The molecule has 0 saturated heterocycles. The Labute approximate surface area is 187 Å². The standard InChI is InChI=1S/C20H17F6N5O3/c1-30-18(32)31(17(28-30)33-2)15-6-4-3-5-11(15)10-34-29-16(27)12-7-13(19(21,22)23)9-14(8-12)20(24,25)26/h3-9H,10H2,1-2H3,(H2,27,29). The van der Waals surface area contributed by atoms with Crippen molar-refractivity contribution < 1.29 is 35.9 Å². The second-order valence-corrected chi connectivity index (χ2v) is 6.90. The Morgan fingerprint density at radius 1 is 1.06 bits per heavy atom. The van der Waals surface area contributed by atoms with E-state index in [1.165, 1.54) is 14.2 Å². The van der Waals surface area contributed by atoms with Gasteiger partial charge in [0.1, 0.15) is 6.61 Å². The van der Waals surface area contributed by atoms with Crippen molar-refractivity contribution in [2.24, 2.45) is 17.9 Å². The van der Waals surface area contributed by atoms with Crippen molar-refractivity contribution >= 4 is 5.84 Å². The van der Waals surface area contributed by atoms with Gasteiger partial charge in [0, 0.05) is 18.2 Å². The van der Waals surface area contributed by atoms with E-state index in [-0.39, 0.29) is 18.7 Å². The summed E-state index contributed by atoms with van der Waals surface area (Å²) in [5, 5.41) is 7.38. The Balaban J connectivity index is 1.91. The number of amidine groups is 1. The quantitative estimate of drug-likeness (QED) is 0.248. The molecule has 3 rings (SSSR count). The van der Waals surface area contributed by atoms with Crippen LogP contribution in [0.5, 0.6) is 6.01 Å². The Morgan fingerprint density at radius 2 is 1.65 bits per heavy atom. The Kier molecular flexibility index (Phi) is 6.61. The van der Waals surface area contributed by atoms with Crippen LogP contribution in [-0.2, 0) is 30.8 Å². The van der Waals surface area contributed by atoms with Gasteiger partial charge in [0.05, 0.1) is 23.9 Å². The predicted molar refractivity (Wildman–Crippen MR) is 107 cm³/mol. The minimum absolute atomic E-state index is 0.0209. The third kappa shape index (κ3) is 5.15. The fourth-order valence-electron chi connectivity index (χ4n) is 2.96. The number of rotatable bonds is 6. The topological polar surface area (TPSA) is 96.7 Å². The number of aromatic nitrogens is 3. The molecule has 182 valence electrons. The van der Waals surface area contributed by atoms with E-state index in [1.54, 1.807) is 24.3 Å². The summed E-state index contributed by atoms with van der Waals surface area (Å²) in [4.78, 5) is 17.5. The van der Waals surface area contributed by atoms with Crippen LogP contribution in [0.3, 0.4) is 0 Å². The normalized spacial score (nSPS) is 12.6. The Bertz CT molecular complexity index is 1240. The maximum absolute atomic E-state index is 13.1. The van der Waals surface area contributed by atoms with Crippen LogP contribution in [-0.4, -0.2) is 27.3 Å². The molecule has 3 aromatic rings. The van der Waals surface area contributed by atoms with Gasteiger partial charge in [0.15, 0.2) is 5.84 Å². The summed E-state index contributed by atoms with van der Waals surface area (Å²) >= 11 is 0. The van der Waals surface area contributed by atoms with E-state index in [1.807, 2.05) is 0 Å². The molecule has 1 heterocycles. The van der Waals surface area contributed by atoms with Crippen molar-refractivity contribution in [2.75, 3.05) is 7.11 Å². The summed E-state index contributed by atoms with van der Waals surface area (Å²) in [5.74, 6) is -0.704. The lowest BCUT2D eigenvalue weighted by atomic mass is 10.0. The highest BCUT2D eigenvalue weighted by molar-refractivity contribution is 5.97. The van der Waals surface area contributed by atoms with Gasteiger partial charge in [-0.3, -0.25) is 0 Å². The van der Waals surface area contributed by atoms with E-state index in [0.717, 1.165) is 9.25 Å². The number of methoxy groups -OCH3 is 1. The molecule has 0 saturated carbocycles. The number of para-hydroxylation sites is 1. The zero-order valence-electron chi connectivity index (χ0n) is 17.6. The lowest BCUT2D eigenvalue weighted by molar-refractivity contribution is -0.143. The molecule has 1 aromatic heterocycles. The number of ether oxygens (including phenoxy) is 1. The van der Waals surface area contributed by atoms with Gasteiger partial charge in [0.25, 0.3) is 0 Å². The number of hydrogen-bond acceptors (Lipinski definition) is 5. The van der Waals surface area contributed by atoms with Crippen molar-refractivity contribution in [3.63, 3.8) is 0 Å². The maximum Gasteiger partial charge on any atom is 0.416 e. The molecule has 0 bridgehead atoms. The SMILES string of the molecule is COc1nn(C)c(=O)n1-c1ccccc1CO/N=C(/N)c1cc(C(F)(F)F)cc(C(F)(F)F)c1. The molecule has 0 aliphatic carbocycles. The summed E-state index contributed by atoms with van der Waals surface area (Å²) in [5.41, 5.74) is 2.07. The third-order valence-electron chi connectivity index (χ3n) is 4.58. The molecule has 0 fully saturated rings. The first-order valence-corrected chi connectivity index (χ1v) is 9.36. The van der Waals surface area contributed by atoms with Gasteiger partial charge in [-0.25, -0.2) is 14.0 Å². The molecule has 0 atom stereocenters. The van der Waals surface area contributed by atoms with Crippen LogP contribution in [0.2, 0.25) is 0 Å². The molecular formula is C20H17F6N5O3. The molecule has 0 radical (unpaired) electrons. The number of benzene rings is 2. The number of alkyl halides is 6. The molecule has 2 aromatic carbocycles. The lowest BCUT2D eigenvalue weighted by Crippen LogP contribution is -2.22. The van der Waals surface area contributed by atoms with Crippen LogP contribution in [0.25, 0.3) is 5.69 Å². The van der Waals surface area contributed by atoms with Gasteiger partial charge in [-0.15, -0.1) is 5.10 Å². The minimum Gasteiger partial charge on any atom is -0.467 e. The van der Waals surface area contributed by atoms with Crippen molar-refractivity contribution in [1.82, 2.24) is 14.3 Å². The molecular weight excluding hydrogens is 472 g/mol. The summed E-state index contributed by atoms with van der Waals surface area (Å²) in [6.07, 6.45) is -10.1. The highest BCUT2D eigenvalue weighted by atomic mass is 19.4. The molecule has 34 heavy (non-hydrogen) atoms. The Morgan fingerprint density at radius 3 is 2.21 bits per heavy atom. The summed E-state index contributed by atoms with van der Waals surface area (Å²) in [6.45, 7) is -0.327. The zero-order valence-corrected chi connectivity index (χ0v) is 17.6. The van der Waals surface area contributed by atoms with E-state index in [4.69, 9.17) is 15.3 Å². The van der Waals surface area contributed by atoms with Gasteiger partial charge < -0.3 is 15.3 Å². The fourth-order valence-corrected chi connectivity index (χ4v) is 2.96. The molecule has 2 N–H and O–H groups in total. The van der Waals surface area contributed by atoms with E-state index >= 15 is 0 Å². The first kappa shape index (κ1) is 24.7. The zero-order chi connectivity index (χ0) is 25.3. The van der Waals surface area contributed by atoms with Gasteiger partial charge in [0.2, 0.25) is 0 Å². The van der Waals surface area contributed by atoms with E-state index in [9.17, 15) is 31.1 Å². The molecule has 14 heteroatoms. The molecule has 0 aliphatic rings. The van der Waals surface area contributed by atoms with Crippen LogP contribution in [0.15, 0.2) is 52.4 Å². The predicted octanol–water partition coefficient (Wildman–Crippen LogP) is 3.45. The van der Waals surface area contributed by atoms with E-state index in [0.29, 0.717) is 23.4 Å². The van der Waals surface area contributed by atoms with E-state index in [2.05, 4.69) is 10.3 Å². The monoisotopic (exact) mass is 489 g/mol. The van der Waals surface area contributed by atoms with Gasteiger partial charge in [-0.1, -0.05) is 23.4 Å². The highest BCUT2D eigenvalue weighted by Crippen LogP contribution is 2.36. The smallest absolute Gasteiger partial charge is 0.416 e. The highest BCUT2D eigenvalue weighted by Gasteiger charge is 2.37. The van der Waals surface area contributed by atoms with Crippen LogP contribution in [0.4, 0.5) is 26.3 Å². The third-order valence-corrected chi connectivity index (χ3v) is 4.58. The lowest BCUT2D eigenvalue weighted by Gasteiger charge is -2.14. The van der Waals surface area contributed by atoms with Crippen molar-refractivity contribution in [3.8, 4) is 11.7 Å². The fraction of sp³-hybridized carbons (Fsp3) is 0.250. The summed E-state index contributed by atoms with van der Waals surface area (Å²) in [7, 11) is 2.72. The molecule has 0 spiro atoms. The van der Waals surface area contributed by atoms with Crippen LogP contribution >= 0.6 is 0 Å². The minimum atomic E-state index is -5.04. The summed E-state index contributed by atoms with van der Waals surface area (Å²) in [6, 6.07) is 7.18. The largest absolute Gasteiger partial charge is 0.467 e. The number of halogens is 6. The molecule has 0 aliphatic heterocycles. The van der Waals surface area contributed by atoms with Gasteiger partial charge in [-0.05, 0) is 24.3 Å². The molecule has 8 nitrogen and oxygen atoms in total. The number of oxime groups is 1. The average molecular weight is 489 g/mol. The molecule has 0 unspecified atom stereocenters. The van der Waals surface area contributed by atoms with Gasteiger partial charge in [-0.2, -0.15) is 26.3 Å².